The first-order chi connectivity index (χ1) is 16.2. The third-order valence-corrected chi connectivity index (χ3v) is 6.00. The van der Waals surface area contributed by atoms with Crippen LogP contribution in [0.25, 0.3) is 39.1 Å². The van der Waals surface area contributed by atoms with Crippen LogP contribution >= 0.6 is 0 Å². The second-order valence-electron chi connectivity index (χ2n) is 8.94. The molecule has 1 N–H and O–H groups in total. The molecule has 0 aliphatic rings. The minimum Gasteiger partial charge on any atom is -0.494 e. The normalized spacial score (nSPS) is 11.9. The van der Waals surface area contributed by atoms with Crippen LogP contribution in [-0.4, -0.2) is 42.1 Å². The fourth-order valence-electron chi connectivity index (χ4n) is 4.20. The molecule has 4 aromatic rings. The molecular formula is C29H35N3O. The average molecular weight is 442 g/mol. The molecule has 0 fully saturated rings. The number of pyridine rings is 1. The summed E-state index contributed by atoms with van der Waals surface area (Å²) in [5, 5.41) is 2.41. The van der Waals surface area contributed by atoms with Crippen molar-refractivity contribution in [3.63, 3.8) is 0 Å². The molecule has 0 unspecified atom stereocenters. The summed E-state index contributed by atoms with van der Waals surface area (Å²) in [7, 11) is 4.17. The Balaban J connectivity index is 1.56. The minimum atomic E-state index is 0.737. The predicted molar refractivity (Wildman–Crippen MR) is 141 cm³/mol. The zero-order valence-corrected chi connectivity index (χ0v) is 20.1. The number of aromatic nitrogens is 2. The molecule has 0 amide bonds. The van der Waals surface area contributed by atoms with Gasteiger partial charge in [-0.2, -0.15) is 0 Å². The van der Waals surface area contributed by atoms with Crippen molar-refractivity contribution in [1.82, 2.24) is 14.9 Å². The Morgan fingerprint density at radius 1 is 0.970 bits per heavy atom. The molecule has 0 radical (unpaired) electrons. The van der Waals surface area contributed by atoms with Crippen LogP contribution in [0.1, 0.15) is 44.6 Å². The van der Waals surface area contributed by atoms with E-state index < -0.39 is 0 Å². The van der Waals surface area contributed by atoms with Gasteiger partial charge in [-0.3, -0.25) is 0 Å². The summed E-state index contributed by atoms with van der Waals surface area (Å²) in [6.07, 6.45) is 12.4. The van der Waals surface area contributed by atoms with E-state index in [1.807, 2.05) is 6.20 Å². The summed E-state index contributed by atoms with van der Waals surface area (Å²) in [5.74, 6) is 0.922. The van der Waals surface area contributed by atoms with Gasteiger partial charge in [0.15, 0.2) is 0 Å². The van der Waals surface area contributed by atoms with Gasteiger partial charge in [0.05, 0.1) is 6.61 Å². The Kier molecular flexibility index (Phi) is 7.79. The quantitative estimate of drug-likeness (QED) is 0.248. The van der Waals surface area contributed by atoms with Gasteiger partial charge in [-0.25, -0.2) is 4.98 Å². The lowest BCUT2D eigenvalue weighted by molar-refractivity contribution is 0.281. The van der Waals surface area contributed by atoms with E-state index in [0.29, 0.717) is 0 Å². The molecular weight excluding hydrogens is 406 g/mol. The van der Waals surface area contributed by atoms with E-state index in [-0.39, 0.29) is 0 Å². The van der Waals surface area contributed by atoms with Crippen LogP contribution in [0.5, 0.6) is 5.75 Å². The minimum absolute atomic E-state index is 0.737. The highest BCUT2D eigenvalue weighted by atomic mass is 16.5. The van der Waals surface area contributed by atoms with Crippen molar-refractivity contribution in [3.05, 3.63) is 66.4 Å². The highest BCUT2D eigenvalue weighted by Gasteiger charge is 2.10. The third kappa shape index (κ3) is 5.82. The van der Waals surface area contributed by atoms with Crippen molar-refractivity contribution in [1.29, 1.82) is 0 Å². The van der Waals surface area contributed by atoms with Crippen molar-refractivity contribution in [2.24, 2.45) is 0 Å². The summed E-state index contributed by atoms with van der Waals surface area (Å²) >= 11 is 0. The third-order valence-electron chi connectivity index (χ3n) is 6.00. The Labute approximate surface area is 197 Å². The van der Waals surface area contributed by atoms with E-state index in [9.17, 15) is 0 Å². The number of ether oxygens (including phenoxy) is 1. The molecule has 4 rings (SSSR count). The summed E-state index contributed by atoms with van der Waals surface area (Å²) in [5.41, 5.74) is 5.67. The number of aromatic amines is 1. The first-order valence-electron chi connectivity index (χ1n) is 12.1. The molecule has 0 aliphatic heterocycles. The molecule has 2 heterocycles. The molecule has 0 aliphatic carbocycles. The van der Waals surface area contributed by atoms with Gasteiger partial charge < -0.3 is 14.6 Å². The van der Waals surface area contributed by atoms with Crippen molar-refractivity contribution in [2.75, 3.05) is 27.2 Å². The number of hydrogen-bond acceptors (Lipinski definition) is 3. The van der Waals surface area contributed by atoms with Gasteiger partial charge in [-0.1, -0.05) is 50.1 Å². The van der Waals surface area contributed by atoms with Crippen LogP contribution in [0.3, 0.4) is 0 Å². The van der Waals surface area contributed by atoms with Crippen LogP contribution < -0.4 is 4.74 Å². The lowest BCUT2D eigenvalue weighted by Crippen LogP contribution is -2.15. The monoisotopic (exact) mass is 441 g/mol. The summed E-state index contributed by atoms with van der Waals surface area (Å²) in [6.45, 7) is 4.01. The van der Waals surface area contributed by atoms with Gasteiger partial charge in [0.25, 0.3) is 0 Å². The van der Waals surface area contributed by atoms with Crippen molar-refractivity contribution in [3.8, 4) is 16.9 Å². The SMILES string of the molecule is CCCCC/C=C/c1ccnc2[nH]c3ccc(-c4ccc(OCCCN(C)C)cc4)cc3c12. The molecule has 0 saturated heterocycles. The lowest BCUT2D eigenvalue weighted by atomic mass is 10.0. The number of H-pyrrole nitrogens is 1. The predicted octanol–water partition coefficient (Wildman–Crippen LogP) is 7.31. The molecule has 4 nitrogen and oxygen atoms in total. The van der Waals surface area contributed by atoms with Gasteiger partial charge in [0, 0.05) is 29.0 Å². The maximum Gasteiger partial charge on any atom is 0.138 e. The van der Waals surface area contributed by atoms with E-state index in [0.717, 1.165) is 42.9 Å². The highest BCUT2D eigenvalue weighted by Crippen LogP contribution is 2.32. The zero-order valence-electron chi connectivity index (χ0n) is 20.1. The standard InChI is InChI=1S/C29H35N3O/c1-4-5-6-7-8-10-23-17-18-30-29-28(23)26-21-24(13-16-27(26)31-29)22-11-14-25(15-12-22)33-20-9-19-32(2)3/h8,10-18,21H,4-7,9,19-20H2,1-3H3,(H,30,31)/b10-8+. The Morgan fingerprint density at radius 3 is 2.58 bits per heavy atom. The van der Waals surface area contributed by atoms with Crippen LogP contribution in [0.2, 0.25) is 0 Å². The van der Waals surface area contributed by atoms with E-state index in [1.54, 1.807) is 0 Å². The molecule has 0 saturated carbocycles. The molecule has 0 bridgehead atoms. The van der Waals surface area contributed by atoms with Crippen LogP contribution in [0, 0.1) is 0 Å². The van der Waals surface area contributed by atoms with Gasteiger partial charge >= 0.3 is 0 Å². The van der Waals surface area contributed by atoms with Crippen molar-refractivity contribution in [2.45, 2.75) is 39.0 Å². The van der Waals surface area contributed by atoms with Gasteiger partial charge in [-0.05, 0) is 80.4 Å². The van der Waals surface area contributed by atoms with Gasteiger partial charge in [0.1, 0.15) is 11.4 Å². The fourth-order valence-corrected chi connectivity index (χ4v) is 4.20. The van der Waals surface area contributed by atoms with E-state index >= 15 is 0 Å². The summed E-state index contributed by atoms with van der Waals surface area (Å²) < 4.78 is 5.89. The van der Waals surface area contributed by atoms with Crippen LogP contribution in [-0.2, 0) is 0 Å². The number of nitrogens with zero attached hydrogens (tertiary/aromatic N) is 2. The molecule has 2 aromatic heterocycles. The number of benzene rings is 2. The average Bonchev–Trinajstić information content (AvgIpc) is 3.20. The molecule has 172 valence electrons. The zero-order chi connectivity index (χ0) is 23.0. The number of hydrogen-bond donors (Lipinski definition) is 1. The number of rotatable bonds is 11. The van der Waals surface area contributed by atoms with E-state index in [4.69, 9.17) is 4.74 Å². The number of unbranched alkanes of at least 4 members (excludes halogenated alkanes) is 3. The second kappa shape index (κ2) is 11.2. The summed E-state index contributed by atoms with van der Waals surface area (Å²) in [4.78, 5) is 10.3. The van der Waals surface area contributed by atoms with E-state index in [1.165, 1.54) is 46.7 Å². The summed E-state index contributed by atoms with van der Waals surface area (Å²) in [6, 6.07) is 17.1. The first-order valence-corrected chi connectivity index (χ1v) is 12.1. The van der Waals surface area contributed by atoms with E-state index in [2.05, 4.69) is 96.6 Å². The maximum absolute atomic E-state index is 5.89. The van der Waals surface area contributed by atoms with Crippen LogP contribution in [0.15, 0.2) is 60.8 Å². The largest absolute Gasteiger partial charge is 0.494 e. The topological polar surface area (TPSA) is 41.1 Å². The smallest absolute Gasteiger partial charge is 0.138 e. The van der Waals surface area contributed by atoms with Crippen molar-refractivity contribution < 1.29 is 4.74 Å². The van der Waals surface area contributed by atoms with Crippen LogP contribution in [0.4, 0.5) is 0 Å². The Bertz CT molecular complexity index is 1200. The number of fused-ring (bicyclic) bond motifs is 3. The molecule has 2 aromatic carbocycles. The Morgan fingerprint density at radius 2 is 1.79 bits per heavy atom. The number of nitrogens with one attached hydrogen (secondary N) is 1. The van der Waals surface area contributed by atoms with Gasteiger partial charge in [-0.15, -0.1) is 0 Å². The molecule has 33 heavy (non-hydrogen) atoms. The number of allylic oxidation sites excluding steroid dienone is 1. The molecule has 4 heteroatoms. The maximum atomic E-state index is 5.89. The highest BCUT2D eigenvalue weighted by molar-refractivity contribution is 6.10. The van der Waals surface area contributed by atoms with Gasteiger partial charge in [0.2, 0.25) is 0 Å². The molecule has 0 spiro atoms. The van der Waals surface area contributed by atoms with Crippen molar-refractivity contribution >= 4 is 28.0 Å². The fraction of sp³-hybridized carbons (Fsp3) is 0.345. The second-order valence-corrected chi connectivity index (χ2v) is 8.94. The first kappa shape index (κ1) is 23.1. The lowest BCUT2D eigenvalue weighted by Gasteiger charge is -2.11. The molecule has 0 atom stereocenters. The Hall–Kier alpha value is -3.11.